The molecule has 0 saturated carbocycles. The molecular weight excluding hydrogens is 254 g/mol. The smallest absolute Gasteiger partial charge is 0.204 e. The van der Waals surface area contributed by atoms with Crippen LogP contribution >= 0.6 is 0 Å². The molecule has 1 aliphatic rings. The molecule has 1 fully saturated rings. The van der Waals surface area contributed by atoms with Crippen LogP contribution in [-0.4, -0.2) is 54.7 Å². The number of aromatic nitrogens is 2. The Hall–Kier alpha value is -1.56. The highest BCUT2D eigenvalue weighted by atomic mass is 16.5. The molecule has 1 saturated heterocycles. The lowest BCUT2D eigenvalue weighted by Gasteiger charge is -2.32. The fourth-order valence-electron chi connectivity index (χ4n) is 2.60. The van der Waals surface area contributed by atoms with Crippen molar-refractivity contribution in [2.75, 3.05) is 44.4 Å². The Labute approximate surface area is 120 Å². The van der Waals surface area contributed by atoms with Crippen LogP contribution in [0.4, 0.5) is 11.6 Å². The fourth-order valence-corrected chi connectivity index (χ4v) is 2.60. The van der Waals surface area contributed by atoms with Gasteiger partial charge in [-0.3, -0.25) is 0 Å². The topological polar surface area (TPSA) is 62.3 Å². The summed E-state index contributed by atoms with van der Waals surface area (Å²) >= 11 is 0. The lowest BCUT2D eigenvalue weighted by molar-refractivity contribution is 0.194. The summed E-state index contributed by atoms with van der Waals surface area (Å²) in [6.45, 7) is 4.90. The Morgan fingerprint density at radius 3 is 2.70 bits per heavy atom. The average molecular weight is 279 g/mol. The molecule has 1 aromatic heterocycles. The van der Waals surface area contributed by atoms with E-state index in [0.717, 1.165) is 24.7 Å². The minimum absolute atomic E-state index is 0.561. The average Bonchev–Trinajstić information content (AvgIpc) is 2.47. The molecule has 1 unspecified atom stereocenters. The molecule has 6 heteroatoms. The maximum Gasteiger partial charge on any atom is 0.204 e. The molecule has 0 radical (unpaired) electrons. The predicted molar refractivity (Wildman–Crippen MR) is 81.5 cm³/mol. The van der Waals surface area contributed by atoms with Crippen molar-refractivity contribution >= 4 is 11.6 Å². The lowest BCUT2D eigenvalue weighted by Crippen LogP contribution is -2.40. The first kappa shape index (κ1) is 14.8. The van der Waals surface area contributed by atoms with Gasteiger partial charge in [0, 0.05) is 19.1 Å². The number of piperidine rings is 1. The predicted octanol–water partition coefficient (Wildman–Crippen LogP) is 1.81. The van der Waals surface area contributed by atoms with Crippen LogP contribution in [0.2, 0.25) is 0 Å². The summed E-state index contributed by atoms with van der Waals surface area (Å²) in [7, 11) is 3.84. The normalized spacial score (nSPS) is 19.6. The van der Waals surface area contributed by atoms with Crippen LogP contribution in [0.5, 0.6) is 5.75 Å². The molecule has 0 aliphatic carbocycles. The van der Waals surface area contributed by atoms with E-state index in [0.29, 0.717) is 11.8 Å². The number of hydrogen-bond donors (Lipinski definition) is 2. The Bertz CT molecular complexity index is 426. The fraction of sp³-hybridized carbons (Fsp3) is 0.714. The number of ether oxygens (including phenoxy) is 1. The molecule has 112 valence electrons. The van der Waals surface area contributed by atoms with Crippen molar-refractivity contribution in [3.05, 3.63) is 6.33 Å². The number of methoxy groups -OCH3 is 1. The number of anilines is 2. The van der Waals surface area contributed by atoms with Crippen molar-refractivity contribution in [3.8, 4) is 5.75 Å². The van der Waals surface area contributed by atoms with Gasteiger partial charge in [0.05, 0.1) is 7.11 Å². The third kappa shape index (κ3) is 3.50. The first-order valence-corrected chi connectivity index (χ1v) is 7.33. The van der Waals surface area contributed by atoms with Gasteiger partial charge in [0.2, 0.25) is 5.75 Å². The van der Waals surface area contributed by atoms with Crippen LogP contribution in [0, 0.1) is 0 Å². The van der Waals surface area contributed by atoms with Gasteiger partial charge in [0.25, 0.3) is 0 Å². The van der Waals surface area contributed by atoms with E-state index in [-0.39, 0.29) is 0 Å². The van der Waals surface area contributed by atoms with E-state index in [1.54, 1.807) is 13.4 Å². The van der Waals surface area contributed by atoms with Crippen LogP contribution < -0.4 is 15.4 Å². The molecule has 2 heterocycles. The van der Waals surface area contributed by atoms with Crippen molar-refractivity contribution in [1.82, 2.24) is 14.9 Å². The van der Waals surface area contributed by atoms with E-state index in [9.17, 15) is 0 Å². The quantitative estimate of drug-likeness (QED) is 0.828. The van der Waals surface area contributed by atoms with Crippen LogP contribution in [-0.2, 0) is 0 Å². The zero-order valence-corrected chi connectivity index (χ0v) is 12.6. The highest BCUT2D eigenvalue weighted by Crippen LogP contribution is 2.29. The van der Waals surface area contributed by atoms with Crippen LogP contribution in [0.15, 0.2) is 6.33 Å². The van der Waals surface area contributed by atoms with E-state index in [2.05, 4.69) is 32.5 Å². The molecule has 1 atom stereocenters. The second-order valence-electron chi connectivity index (χ2n) is 5.15. The van der Waals surface area contributed by atoms with Gasteiger partial charge in [0.1, 0.15) is 6.33 Å². The summed E-state index contributed by atoms with van der Waals surface area (Å²) in [5.74, 6) is 2.19. The monoisotopic (exact) mass is 279 g/mol. The van der Waals surface area contributed by atoms with Crippen molar-refractivity contribution in [3.63, 3.8) is 0 Å². The van der Waals surface area contributed by atoms with Crippen LogP contribution in [0.25, 0.3) is 0 Å². The minimum atomic E-state index is 0.561. The summed E-state index contributed by atoms with van der Waals surface area (Å²) in [5, 5.41) is 6.59. The molecule has 0 bridgehead atoms. The third-order valence-corrected chi connectivity index (χ3v) is 3.78. The van der Waals surface area contributed by atoms with Gasteiger partial charge in [-0.15, -0.1) is 0 Å². The summed E-state index contributed by atoms with van der Waals surface area (Å²) in [5.41, 5.74) is 0. The molecule has 0 aromatic carbocycles. The Morgan fingerprint density at radius 2 is 2.05 bits per heavy atom. The second kappa shape index (κ2) is 7.28. The summed E-state index contributed by atoms with van der Waals surface area (Å²) in [6.07, 6.45) is 5.40. The third-order valence-electron chi connectivity index (χ3n) is 3.78. The molecule has 0 spiro atoms. The van der Waals surface area contributed by atoms with Gasteiger partial charge in [0.15, 0.2) is 11.6 Å². The zero-order chi connectivity index (χ0) is 14.4. The standard InChI is InChI=1S/C14H25N5O/c1-4-15-13-12(20-3)14(18-10-17-13)16-9-11-7-5-6-8-19(11)2/h10-11H,4-9H2,1-3H3,(H2,15,16,17,18). The summed E-state index contributed by atoms with van der Waals surface area (Å²) in [6, 6.07) is 0.561. The Morgan fingerprint density at radius 1 is 1.30 bits per heavy atom. The number of nitrogens with zero attached hydrogens (tertiary/aromatic N) is 3. The first-order chi connectivity index (χ1) is 9.76. The van der Waals surface area contributed by atoms with Gasteiger partial charge in [-0.1, -0.05) is 6.42 Å². The largest absolute Gasteiger partial charge is 0.490 e. The van der Waals surface area contributed by atoms with Gasteiger partial charge in [-0.05, 0) is 33.4 Å². The molecule has 0 amide bonds. The van der Waals surface area contributed by atoms with Crippen molar-refractivity contribution in [2.45, 2.75) is 32.2 Å². The molecule has 1 aromatic rings. The highest BCUT2D eigenvalue weighted by Gasteiger charge is 2.19. The van der Waals surface area contributed by atoms with Gasteiger partial charge in [-0.2, -0.15) is 0 Å². The van der Waals surface area contributed by atoms with Crippen molar-refractivity contribution in [1.29, 1.82) is 0 Å². The number of nitrogens with one attached hydrogen (secondary N) is 2. The van der Waals surface area contributed by atoms with Gasteiger partial charge >= 0.3 is 0 Å². The zero-order valence-electron chi connectivity index (χ0n) is 12.6. The maximum absolute atomic E-state index is 5.43. The lowest BCUT2D eigenvalue weighted by atomic mass is 10.0. The number of likely N-dealkylation sites (tertiary alicyclic amines) is 1. The Kier molecular flexibility index (Phi) is 5.40. The molecule has 20 heavy (non-hydrogen) atoms. The Balaban J connectivity index is 2.03. The van der Waals surface area contributed by atoms with E-state index >= 15 is 0 Å². The van der Waals surface area contributed by atoms with Crippen LogP contribution in [0.3, 0.4) is 0 Å². The number of likely N-dealkylation sites (N-methyl/N-ethyl adjacent to an activating group) is 1. The van der Waals surface area contributed by atoms with Crippen LogP contribution in [0.1, 0.15) is 26.2 Å². The van der Waals surface area contributed by atoms with E-state index in [1.807, 2.05) is 6.92 Å². The first-order valence-electron chi connectivity index (χ1n) is 7.33. The van der Waals surface area contributed by atoms with Gasteiger partial charge < -0.3 is 20.3 Å². The summed E-state index contributed by atoms with van der Waals surface area (Å²) in [4.78, 5) is 10.9. The second-order valence-corrected chi connectivity index (χ2v) is 5.15. The molecular formula is C14H25N5O. The van der Waals surface area contributed by atoms with E-state index < -0.39 is 0 Å². The maximum atomic E-state index is 5.43. The molecule has 2 N–H and O–H groups in total. The molecule has 1 aliphatic heterocycles. The van der Waals surface area contributed by atoms with E-state index in [4.69, 9.17) is 4.74 Å². The number of hydrogen-bond acceptors (Lipinski definition) is 6. The minimum Gasteiger partial charge on any atom is -0.490 e. The highest BCUT2D eigenvalue weighted by molar-refractivity contribution is 5.63. The number of rotatable bonds is 6. The SMILES string of the molecule is CCNc1ncnc(NCC2CCCCN2C)c1OC. The summed E-state index contributed by atoms with van der Waals surface area (Å²) < 4.78 is 5.43. The van der Waals surface area contributed by atoms with E-state index in [1.165, 1.54) is 25.8 Å². The molecule has 2 rings (SSSR count). The van der Waals surface area contributed by atoms with Crippen molar-refractivity contribution < 1.29 is 4.74 Å². The molecule has 6 nitrogen and oxygen atoms in total. The van der Waals surface area contributed by atoms with Crippen molar-refractivity contribution in [2.24, 2.45) is 0 Å². The van der Waals surface area contributed by atoms with Gasteiger partial charge in [-0.25, -0.2) is 9.97 Å².